The maximum Gasteiger partial charge on any atom is 0.0685 e. The monoisotopic (exact) mass is 225 g/mol. The summed E-state index contributed by atoms with van der Waals surface area (Å²) >= 11 is 0. The highest BCUT2D eigenvalue weighted by Crippen LogP contribution is 2.43. The summed E-state index contributed by atoms with van der Waals surface area (Å²) in [6.45, 7) is 5.64. The van der Waals surface area contributed by atoms with Crippen molar-refractivity contribution in [2.75, 3.05) is 13.7 Å². The molecule has 0 aromatic heterocycles. The molecule has 2 nitrogen and oxygen atoms in total. The zero-order valence-corrected chi connectivity index (χ0v) is 11.1. The highest BCUT2D eigenvalue weighted by molar-refractivity contribution is 4.94. The van der Waals surface area contributed by atoms with Gasteiger partial charge in [-0.2, -0.15) is 0 Å². The van der Waals surface area contributed by atoms with Gasteiger partial charge in [-0.1, -0.05) is 26.7 Å². The molecule has 0 bridgehead atoms. The summed E-state index contributed by atoms with van der Waals surface area (Å²) in [5.41, 5.74) is 0.271. The van der Waals surface area contributed by atoms with Crippen LogP contribution in [0.25, 0.3) is 0 Å². The first-order valence-corrected chi connectivity index (χ1v) is 6.98. The molecule has 1 saturated heterocycles. The van der Waals surface area contributed by atoms with Gasteiger partial charge in [0.25, 0.3) is 0 Å². The van der Waals surface area contributed by atoms with E-state index in [0.29, 0.717) is 6.04 Å². The molecule has 1 heterocycles. The van der Waals surface area contributed by atoms with Gasteiger partial charge in [-0.3, -0.25) is 0 Å². The third-order valence-corrected chi connectivity index (χ3v) is 4.61. The Morgan fingerprint density at radius 1 is 1.25 bits per heavy atom. The van der Waals surface area contributed by atoms with Crippen LogP contribution < -0.4 is 5.32 Å². The van der Waals surface area contributed by atoms with Crippen LogP contribution in [0, 0.1) is 11.8 Å². The molecule has 2 atom stereocenters. The second-order valence-electron chi connectivity index (χ2n) is 6.05. The lowest BCUT2D eigenvalue weighted by Gasteiger charge is -2.42. The Morgan fingerprint density at radius 3 is 2.50 bits per heavy atom. The summed E-state index contributed by atoms with van der Waals surface area (Å²) in [7, 11) is 2.11. The molecule has 1 saturated carbocycles. The molecular formula is C14H27NO. The van der Waals surface area contributed by atoms with E-state index in [1.807, 2.05) is 0 Å². The van der Waals surface area contributed by atoms with Crippen molar-refractivity contribution in [3.05, 3.63) is 0 Å². The summed E-state index contributed by atoms with van der Waals surface area (Å²) in [6, 6.07) is 0.668. The van der Waals surface area contributed by atoms with Crippen LogP contribution in [0.5, 0.6) is 0 Å². The van der Waals surface area contributed by atoms with E-state index in [0.717, 1.165) is 18.4 Å². The summed E-state index contributed by atoms with van der Waals surface area (Å²) in [5.74, 6) is 1.54. The second kappa shape index (κ2) is 5.05. The predicted molar refractivity (Wildman–Crippen MR) is 67.6 cm³/mol. The van der Waals surface area contributed by atoms with Gasteiger partial charge in [0.05, 0.1) is 5.60 Å². The van der Waals surface area contributed by atoms with Crippen molar-refractivity contribution in [1.82, 2.24) is 5.32 Å². The molecule has 2 unspecified atom stereocenters. The fourth-order valence-electron chi connectivity index (χ4n) is 3.85. The molecule has 94 valence electrons. The largest absolute Gasteiger partial charge is 0.375 e. The zero-order valence-electron chi connectivity index (χ0n) is 11.1. The van der Waals surface area contributed by atoms with Gasteiger partial charge in [0.1, 0.15) is 0 Å². The lowest BCUT2D eigenvalue weighted by atomic mass is 9.77. The van der Waals surface area contributed by atoms with E-state index in [4.69, 9.17) is 4.74 Å². The van der Waals surface area contributed by atoms with E-state index in [9.17, 15) is 0 Å². The van der Waals surface area contributed by atoms with Crippen LogP contribution in [-0.2, 0) is 4.74 Å². The average molecular weight is 225 g/mol. The lowest BCUT2D eigenvalue weighted by molar-refractivity contribution is -0.0997. The lowest BCUT2D eigenvalue weighted by Crippen LogP contribution is -2.46. The molecule has 0 amide bonds. The highest BCUT2D eigenvalue weighted by atomic mass is 16.5. The van der Waals surface area contributed by atoms with Gasteiger partial charge >= 0.3 is 0 Å². The highest BCUT2D eigenvalue weighted by Gasteiger charge is 2.42. The summed E-state index contributed by atoms with van der Waals surface area (Å²) < 4.78 is 6.10. The first-order valence-electron chi connectivity index (χ1n) is 6.98. The summed E-state index contributed by atoms with van der Waals surface area (Å²) in [6.07, 6.45) is 7.88. The number of rotatable bonds is 3. The fourth-order valence-corrected chi connectivity index (χ4v) is 3.85. The smallest absolute Gasteiger partial charge is 0.0685 e. The Hall–Kier alpha value is -0.0800. The van der Waals surface area contributed by atoms with Gasteiger partial charge in [0.15, 0.2) is 0 Å². The third kappa shape index (κ3) is 2.43. The maximum atomic E-state index is 6.10. The SMILES string of the molecule is CNC(C(C)C)C1CCOC2(CCCC2)C1. The molecule has 16 heavy (non-hydrogen) atoms. The molecule has 2 rings (SSSR count). The average Bonchev–Trinajstić information content (AvgIpc) is 2.67. The standard InChI is InChI=1S/C14H27NO/c1-11(2)13(15-3)12-6-9-16-14(10-12)7-4-5-8-14/h11-13,15H,4-10H2,1-3H3. The Labute approximate surface area is 100 Å². The Balaban J connectivity index is 2.00. The van der Waals surface area contributed by atoms with E-state index < -0.39 is 0 Å². The van der Waals surface area contributed by atoms with Gasteiger partial charge in [-0.25, -0.2) is 0 Å². The quantitative estimate of drug-likeness (QED) is 0.797. The van der Waals surface area contributed by atoms with Crippen molar-refractivity contribution in [1.29, 1.82) is 0 Å². The van der Waals surface area contributed by atoms with E-state index >= 15 is 0 Å². The van der Waals surface area contributed by atoms with E-state index in [-0.39, 0.29) is 5.60 Å². The van der Waals surface area contributed by atoms with Gasteiger partial charge < -0.3 is 10.1 Å². The maximum absolute atomic E-state index is 6.10. The van der Waals surface area contributed by atoms with Crippen LogP contribution in [0.2, 0.25) is 0 Å². The molecule has 2 heteroatoms. The Kier molecular flexibility index (Phi) is 3.91. The van der Waals surface area contributed by atoms with Crippen molar-refractivity contribution < 1.29 is 4.74 Å². The number of hydrogen-bond donors (Lipinski definition) is 1. The van der Waals surface area contributed by atoms with E-state index in [2.05, 4.69) is 26.2 Å². The molecule has 2 aliphatic rings. The molecule has 1 aliphatic heterocycles. The Bertz CT molecular complexity index is 221. The summed E-state index contributed by atoms with van der Waals surface area (Å²) in [4.78, 5) is 0. The van der Waals surface area contributed by atoms with Crippen molar-refractivity contribution in [2.45, 2.75) is 64.0 Å². The predicted octanol–water partition coefficient (Wildman–Crippen LogP) is 2.97. The van der Waals surface area contributed by atoms with Gasteiger partial charge in [0.2, 0.25) is 0 Å². The van der Waals surface area contributed by atoms with Crippen molar-refractivity contribution in [2.24, 2.45) is 11.8 Å². The molecule has 1 aliphatic carbocycles. The number of hydrogen-bond acceptors (Lipinski definition) is 2. The topological polar surface area (TPSA) is 21.3 Å². The van der Waals surface area contributed by atoms with E-state index in [1.165, 1.54) is 38.5 Å². The van der Waals surface area contributed by atoms with Crippen LogP contribution >= 0.6 is 0 Å². The number of nitrogens with one attached hydrogen (secondary N) is 1. The van der Waals surface area contributed by atoms with Gasteiger partial charge in [0, 0.05) is 12.6 Å². The first kappa shape index (κ1) is 12.4. The molecule has 0 aromatic rings. The van der Waals surface area contributed by atoms with Crippen molar-refractivity contribution >= 4 is 0 Å². The van der Waals surface area contributed by atoms with E-state index in [1.54, 1.807) is 0 Å². The minimum atomic E-state index is 0.271. The molecule has 0 aromatic carbocycles. The van der Waals surface area contributed by atoms with Crippen LogP contribution in [0.15, 0.2) is 0 Å². The molecule has 1 N–H and O–H groups in total. The van der Waals surface area contributed by atoms with Crippen molar-refractivity contribution in [3.63, 3.8) is 0 Å². The third-order valence-electron chi connectivity index (χ3n) is 4.61. The van der Waals surface area contributed by atoms with Crippen LogP contribution in [0.4, 0.5) is 0 Å². The molecular weight excluding hydrogens is 198 g/mol. The van der Waals surface area contributed by atoms with Gasteiger partial charge in [-0.05, 0) is 44.6 Å². The van der Waals surface area contributed by atoms with Crippen LogP contribution in [-0.4, -0.2) is 25.3 Å². The fraction of sp³-hybridized carbons (Fsp3) is 1.00. The van der Waals surface area contributed by atoms with Crippen LogP contribution in [0.1, 0.15) is 52.4 Å². The molecule has 1 spiro atoms. The number of ether oxygens (including phenoxy) is 1. The van der Waals surface area contributed by atoms with Gasteiger partial charge in [-0.15, -0.1) is 0 Å². The first-order chi connectivity index (χ1) is 7.67. The minimum absolute atomic E-state index is 0.271. The van der Waals surface area contributed by atoms with Crippen molar-refractivity contribution in [3.8, 4) is 0 Å². The zero-order chi connectivity index (χ0) is 11.6. The molecule has 0 radical (unpaired) electrons. The summed E-state index contributed by atoms with van der Waals surface area (Å²) in [5, 5.41) is 3.52. The second-order valence-corrected chi connectivity index (χ2v) is 6.05. The normalized spacial score (nSPS) is 31.1. The molecule has 2 fully saturated rings. The minimum Gasteiger partial charge on any atom is -0.375 e. The van der Waals surface area contributed by atoms with Crippen LogP contribution in [0.3, 0.4) is 0 Å². The Morgan fingerprint density at radius 2 is 1.94 bits per heavy atom.